The predicted molar refractivity (Wildman–Crippen MR) is 52.8 cm³/mol. The number of carboxylic acid groups (broad SMARTS) is 1. The molecule has 0 aromatic carbocycles. The average molecular weight is 243 g/mol. The molecule has 0 radical (unpaired) electrons. The Morgan fingerprint density at radius 1 is 1.56 bits per heavy atom. The molecular formula is C8H7ClN4O3. The number of hydrogen-bond donors (Lipinski definition) is 1. The average Bonchev–Trinajstić information content (AvgIpc) is 2.82. The van der Waals surface area contributed by atoms with Gasteiger partial charge < -0.3 is 9.52 Å². The molecule has 0 fully saturated rings. The lowest BCUT2D eigenvalue weighted by atomic mass is 10.4. The zero-order chi connectivity index (χ0) is 11.5. The van der Waals surface area contributed by atoms with Crippen LogP contribution in [0.5, 0.6) is 0 Å². The van der Waals surface area contributed by atoms with Crippen LogP contribution in [0, 0.1) is 0 Å². The second kappa shape index (κ2) is 4.31. The summed E-state index contributed by atoms with van der Waals surface area (Å²) in [6, 6.07) is 3.18. The Labute approximate surface area is 94.6 Å². The van der Waals surface area contributed by atoms with Gasteiger partial charge in [0.05, 0.1) is 13.0 Å². The maximum atomic E-state index is 10.4. The van der Waals surface area contributed by atoms with E-state index in [1.54, 1.807) is 12.1 Å². The van der Waals surface area contributed by atoms with Crippen molar-refractivity contribution in [2.45, 2.75) is 13.0 Å². The van der Waals surface area contributed by atoms with E-state index in [9.17, 15) is 4.79 Å². The standard InChI is InChI=1S/C8H7ClN4O3/c9-6-2-1-5(16-6)8-10-11-12-13(8)4-3-7(14)15/h1-2H,3-4H2,(H,14,15). The molecule has 84 valence electrons. The third-order valence-electron chi connectivity index (χ3n) is 1.86. The molecule has 0 aliphatic heterocycles. The Balaban J connectivity index is 2.22. The largest absolute Gasteiger partial charge is 0.481 e. The summed E-state index contributed by atoms with van der Waals surface area (Å²) in [5.41, 5.74) is 0. The zero-order valence-electron chi connectivity index (χ0n) is 8.00. The van der Waals surface area contributed by atoms with E-state index < -0.39 is 5.97 Å². The van der Waals surface area contributed by atoms with E-state index in [0.717, 1.165) is 0 Å². The third-order valence-corrected chi connectivity index (χ3v) is 2.07. The van der Waals surface area contributed by atoms with Gasteiger partial charge in [-0.15, -0.1) is 5.10 Å². The lowest BCUT2D eigenvalue weighted by Gasteiger charge is -1.99. The van der Waals surface area contributed by atoms with E-state index in [4.69, 9.17) is 21.1 Å². The number of rotatable bonds is 4. The fraction of sp³-hybridized carbons (Fsp3) is 0.250. The van der Waals surface area contributed by atoms with Gasteiger partial charge in [-0.25, -0.2) is 4.68 Å². The van der Waals surface area contributed by atoms with Crippen molar-refractivity contribution in [3.8, 4) is 11.6 Å². The second-order valence-electron chi connectivity index (χ2n) is 2.97. The molecule has 2 heterocycles. The summed E-state index contributed by atoms with van der Waals surface area (Å²) in [5.74, 6) is -0.160. The molecule has 0 spiro atoms. The molecule has 0 aliphatic rings. The fourth-order valence-electron chi connectivity index (χ4n) is 1.17. The SMILES string of the molecule is O=C(O)CCn1nnnc1-c1ccc(Cl)o1. The smallest absolute Gasteiger partial charge is 0.305 e. The van der Waals surface area contributed by atoms with E-state index in [1.165, 1.54) is 4.68 Å². The van der Waals surface area contributed by atoms with Crippen molar-refractivity contribution < 1.29 is 14.3 Å². The minimum absolute atomic E-state index is 0.0630. The fourth-order valence-corrected chi connectivity index (χ4v) is 1.31. The third kappa shape index (κ3) is 2.19. The van der Waals surface area contributed by atoms with Crippen LogP contribution in [-0.2, 0) is 11.3 Å². The molecule has 0 saturated carbocycles. The zero-order valence-corrected chi connectivity index (χ0v) is 8.76. The molecule has 0 aliphatic carbocycles. The predicted octanol–water partition coefficient (Wildman–Crippen LogP) is 1.06. The van der Waals surface area contributed by atoms with Crippen LogP contribution in [0.4, 0.5) is 0 Å². The summed E-state index contributed by atoms with van der Waals surface area (Å²) < 4.78 is 6.48. The highest BCUT2D eigenvalue weighted by Gasteiger charge is 2.13. The first kappa shape index (κ1) is 10.6. The molecule has 2 aromatic rings. The first-order valence-electron chi connectivity index (χ1n) is 4.40. The molecule has 0 unspecified atom stereocenters. The van der Waals surface area contributed by atoms with Crippen LogP contribution in [0.15, 0.2) is 16.5 Å². The van der Waals surface area contributed by atoms with Crippen LogP contribution in [0.1, 0.15) is 6.42 Å². The summed E-state index contributed by atoms with van der Waals surface area (Å²) in [7, 11) is 0. The van der Waals surface area contributed by atoms with Crippen LogP contribution in [0.2, 0.25) is 5.22 Å². The van der Waals surface area contributed by atoms with Crippen molar-refractivity contribution in [1.82, 2.24) is 20.2 Å². The number of carbonyl (C=O) groups is 1. The van der Waals surface area contributed by atoms with Crippen molar-refractivity contribution >= 4 is 17.6 Å². The van der Waals surface area contributed by atoms with Crippen molar-refractivity contribution in [2.24, 2.45) is 0 Å². The Morgan fingerprint density at radius 2 is 2.38 bits per heavy atom. The van der Waals surface area contributed by atoms with Crippen LogP contribution >= 0.6 is 11.6 Å². The van der Waals surface area contributed by atoms with Gasteiger partial charge in [-0.3, -0.25) is 4.79 Å². The van der Waals surface area contributed by atoms with Crippen molar-refractivity contribution in [3.05, 3.63) is 17.4 Å². The Hall–Kier alpha value is -1.89. The number of aromatic nitrogens is 4. The van der Waals surface area contributed by atoms with Crippen molar-refractivity contribution in [2.75, 3.05) is 0 Å². The van der Waals surface area contributed by atoms with E-state index in [1.807, 2.05) is 0 Å². The van der Waals surface area contributed by atoms with Crippen LogP contribution in [0.25, 0.3) is 11.6 Å². The number of hydrogen-bond acceptors (Lipinski definition) is 5. The maximum absolute atomic E-state index is 10.4. The van der Waals surface area contributed by atoms with Crippen molar-refractivity contribution in [1.29, 1.82) is 0 Å². The molecule has 2 rings (SSSR count). The highest BCUT2D eigenvalue weighted by Crippen LogP contribution is 2.22. The number of furan rings is 1. The summed E-state index contributed by atoms with van der Waals surface area (Å²) in [4.78, 5) is 10.4. The summed E-state index contributed by atoms with van der Waals surface area (Å²) in [6.45, 7) is 0.177. The normalized spacial score (nSPS) is 10.6. The van der Waals surface area contributed by atoms with E-state index in [0.29, 0.717) is 11.6 Å². The van der Waals surface area contributed by atoms with Crippen LogP contribution < -0.4 is 0 Å². The highest BCUT2D eigenvalue weighted by atomic mass is 35.5. The monoisotopic (exact) mass is 242 g/mol. The van der Waals surface area contributed by atoms with Crippen LogP contribution in [0.3, 0.4) is 0 Å². The van der Waals surface area contributed by atoms with Gasteiger partial charge in [0, 0.05) is 0 Å². The first-order valence-corrected chi connectivity index (χ1v) is 4.78. The number of aryl methyl sites for hydroxylation is 1. The topological polar surface area (TPSA) is 94.0 Å². The number of halogens is 1. The van der Waals surface area contributed by atoms with Gasteiger partial charge in [0.1, 0.15) is 0 Å². The molecule has 0 amide bonds. The highest BCUT2D eigenvalue weighted by molar-refractivity contribution is 6.28. The van der Waals surface area contributed by atoms with E-state index in [-0.39, 0.29) is 18.2 Å². The lowest BCUT2D eigenvalue weighted by molar-refractivity contribution is -0.137. The van der Waals surface area contributed by atoms with Gasteiger partial charge in [-0.05, 0) is 34.2 Å². The summed E-state index contributed by atoms with van der Waals surface area (Å²) in [6.07, 6.45) is -0.0630. The lowest BCUT2D eigenvalue weighted by Crippen LogP contribution is -2.07. The molecule has 0 saturated heterocycles. The molecule has 0 bridgehead atoms. The minimum Gasteiger partial charge on any atom is -0.481 e. The molecule has 1 N–H and O–H groups in total. The maximum Gasteiger partial charge on any atom is 0.305 e. The number of nitrogens with zero attached hydrogens (tertiary/aromatic N) is 4. The van der Waals surface area contributed by atoms with E-state index in [2.05, 4.69) is 15.5 Å². The van der Waals surface area contributed by atoms with Gasteiger partial charge in [0.15, 0.2) is 11.0 Å². The first-order chi connectivity index (χ1) is 7.66. The minimum atomic E-state index is -0.918. The quantitative estimate of drug-likeness (QED) is 0.862. The van der Waals surface area contributed by atoms with E-state index >= 15 is 0 Å². The van der Waals surface area contributed by atoms with Gasteiger partial charge in [0.2, 0.25) is 5.82 Å². The van der Waals surface area contributed by atoms with Gasteiger partial charge in [0.25, 0.3) is 0 Å². The van der Waals surface area contributed by atoms with Crippen molar-refractivity contribution in [3.63, 3.8) is 0 Å². The molecule has 2 aromatic heterocycles. The second-order valence-corrected chi connectivity index (χ2v) is 3.35. The summed E-state index contributed by atoms with van der Waals surface area (Å²) >= 11 is 5.62. The molecule has 7 nitrogen and oxygen atoms in total. The van der Waals surface area contributed by atoms with Crippen LogP contribution in [-0.4, -0.2) is 31.3 Å². The molecule has 0 atom stereocenters. The van der Waals surface area contributed by atoms with Gasteiger partial charge in [-0.2, -0.15) is 0 Å². The molecule has 16 heavy (non-hydrogen) atoms. The Kier molecular flexibility index (Phi) is 2.86. The summed E-state index contributed by atoms with van der Waals surface area (Å²) in [5, 5.41) is 19.6. The Morgan fingerprint density at radius 3 is 3.00 bits per heavy atom. The van der Waals surface area contributed by atoms with Gasteiger partial charge >= 0.3 is 5.97 Å². The molecular weight excluding hydrogens is 236 g/mol. The number of aliphatic carboxylic acids is 1. The number of carboxylic acids is 1. The van der Waals surface area contributed by atoms with Gasteiger partial charge in [-0.1, -0.05) is 0 Å². The molecule has 8 heteroatoms. The Bertz CT molecular complexity index is 507. The number of tetrazole rings is 1.